The molecule has 0 saturated heterocycles. The summed E-state index contributed by atoms with van der Waals surface area (Å²) in [5.74, 6) is -1.04. The van der Waals surface area contributed by atoms with Crippen LogP contribution in [0.4, 0.5) is 18.9 Å². The van der Waals surface area contributed by atoms with Crippen LogP contribution in [-0.2, 0) is 6.18 Å². The van der Waals surface area contributed by atoms with Crippen LogP contribution in [0.25, 0.3) is 0 Å². The fourth-order valence-corrected chi connectivity index (χ4v) is 2.15. The zero-order valence-electron chi connectivity index (χ0n) is 12.9. The molecule has 0 saturated carbocycles. The average molecular weight is 323 g/mol. The van der Waals surface area contributed by atoms with Gasteiger partial charge in [0.1, 0.15) is 5.69 Å². The quantitative estimate of drug-likeness (QED) is 0.922. The number of anilines is 1. The van der Waals surface area contributed by atoms with E-state index in [9.17, 15) is 18.0 Å². The van der Waals surface area contributed by atoms with Crippen molar-refractivity contribution in [3.8, 4) is 0 Å². The molecule has 0 aliphatic carbocycles. The first-order chi connectivity index (χ1) is 10.7. The van der Waals surface area contributed by atoms with Gasteiger partial charge >= 0.3 is 6.18 Å². The first kappa shape index (κ1) is 16.9. The fraction of sp³-hybridized carbons (Fsp3) is 0.312. The van der Waals surface area contributed by atoms with Gasteiger partial charge in [-0.05, 0) is 42.2 Å². The van der Waals surface area contributed by atoms with Crippen LogP contribution in [0.3, 0.4) is 0 Å². The molecule has 7 heteroatoms. The van der Waals surface area contributed by atoms with E-state index in [-0.39, 0.29) is 5.92 Å². The van der Waals surface area contributed by atoms with Crippen LogP contribution in [0.5, 0.6) is 0 Å². The van der Waals surface area contributed by atoms with Gasteiger partial charge in [0.15, 0.2) is 0 Å². The summed E-state index contributed by atoms with van der Waals surface area (Å²) < 4.78 is 37.9. The Morgan fingerprint density at radius 1 is 1.22 bits per heavy atom. The molecule has 0 aliphatic heterocycles. The number of nitrogens with zero attached hydrogens (tertiary/aromatic N) is 2. The van der Waals surface area contributed by atoms with Gasteiger partial charge in [-0.3, -0.25) is 4.79 Å². The molecule has 0 radical (unpaired) electrons. The Bertz CT molecular complexity index is 727. The van der Waals surface area contributed by atoms with Gasteiger partial charge in [-0.15, -0.1) is 0 Å². The molecule has 1 amide bonds. The third-order valence-corrected chi connectivity index (χ3v) is 3.31. The second-order valence-corrected chi connectivity index (χ2v) is 5.44. The molecular formula is C16H16F3N3O. The van der Waals surface area contributed by atoms with Crippen molar-refractivity contribution < 1.29 is 18.0 Å². The molecule has 0 unspecified atom stereocenters. The molecule has 2 rings (SSSR count). The highest BCUT2D eigenvalue weighted by Crippen LogP contribution is 2.27. The molecule has 1 aromatic carbocycles. The van der Waals surface area contributed by atoms with Gasteiger partial charge in [0.05, 0.1) is 0 Å². The Balaban J connectivity index is 2.24. The molecule has 0 bridgehead atoms. The number of rotatable bonds is 3. The summed E-state index contributed by atoms with van der Waals surface area (Å²) in [6.45, 7) is 5.99. The van der Waals surface area contributed by atoms with Crippen molar-refractivity contribution in [2.45, 2.75) is 32.9 Å². The Morgan fingerprint density at radius 3 is 2.52 bits per heavy atom. The smallest absolute Gasteiger partial charge is 0.319 e. The first-order valence-corrected chi connectivity index (χ1v) is 7.00. The number of nitrogens with one attached hydrogen (secondary N) is 1. The third kappa shape index (κ3) is 4.06. The van der Waals surface area contributed by atoms with Gasteiger partial charge in [-0.2, -0.15) is 13.2 Å². The maximum absolute atomic E-state index is 12.6. The lowest BCUT2D eigenvalue weighted by Crippen LogP contribution is -2.19. The minimum absolute atomic E-state index is 0.261. The Morgan fingerprint density at radius 2 is 1.91 bits per heavy atom. The van der Waals surface area contributed by atoms with Crippen LogP contribution >= 0.6 is 0 Å². The molecule has 1 heterocycles. The summed E-state index contributed by atoms with van der Waals surface area (Å²) in [4.78, 5) is 18.9. The van der Waals surface area contributed by atoms with E-state index in [2.05, 4.69) is 15.3 Å². The van der Waals surface area contributed by atoms with Crippen LogP contribution < -0.4 is 5.32 Å². The van der Waals surface area contributed by atoms with Gasteiger partial charge in [0.25, 0.3) is 5.91 Å². The topological polar surface area (TPSA) is 54.9 Å². The maximum atomic E-state index is 12.6. The highest BCUT2D eigenvalue weighted by molar-refractivity contribution is 6.01. The monoisotopic (exact) mass is 323 g/mol. The van der Waals surface area contributed by atoms with Gasteiger partial charge in [0.2, 0.25) is 5.82 Å². The van der Waals surface area contributed by atoms with Crippen LogP contribution in [-0.4, -0.2) is 15.9 Å². The zero-order chi connectivity index (χ0) is 17.2. The number of alkyl halides is 3. The van der Waals surface area contributed by atoms with E-state index < -0.39 is 23.6 Å². The minimum Gasteiger partial charge on any atom is -0.319 e. The predicted octanol–water partition coefficient (Wildman–Crippen LogP) is 4.18. The molecule has 0 spiro atoms. The summed E-state index contributed by atoms with van der Waals surface area (Å²) in [6.07, 6.45) is -3.70. The normalized spacial score (nSPS) is 11.6. The van der Waals surface area contributed by atoms with E-state index in [1.165, 1.54) is 0 Å². The lowest BCUT2D eigenvalue weighted by molar-refractivity contribution is -0.141. The molecule has 2 aromatic rings. The molecule has 122 valence electrons. The van der Waals surface area contributed by atoms with Crippen molar-refractivity contribution >= 4 is 11.6 Å². The van der Waals surface area contributed by atoms with Crippen molar-refractivity contribution in [3.63, 3.8) is 0 Å². The van der Waals surface area contributed by atoms with Crippen molar-refractivity contribution in [3.05, 3.63) is 53.1 Å². The highest BCUT2D eigenvalue weighted by atomic mass is 19.4. The maximum Gasteiger partial charge on any atom is 0.433 e. The SMILES string of the molecule is Cc1ccc(NC(=O)c2nccc(C(F)(F)F)n2)cc1C(C)C. The van der Waals surface area contributed by atoms with Gasteiger partial charge < -0.3 is 5.32 Å². The molecule has 0 atom stereocenters. The Kier molecular flexibility index (Phi) is 4.68. The fourth-order valence-electron chi connectivity index (χ4n) is 2.15. The number of aromatic nitrogens is 2. The molecule has 4 nitrogen and oxygen atoms in total. The molecule has 1 aromatic heterocycles. The molecule has 0 fully saturated rings. The van der Waals surface area contributed by atoms with Crippen LogP contribution in [0.1, 0.15) is 47.2 Å². The van der Waals surface area contributed by atoms with Crippen LogP contribution in [0, 0.1) is 6.92 Å². The van der Waals surface area contributed by atoms with E-state index in [1.54, 1.807) is 12.1 Å². The number of benzene rings is 1. The highest BCUT2D eigenvalue weighted by Gasteiger charge is 2.33. The van der Waals surface area contributed by atoms with Crippen LogP contribution in [0.2, 0.25) is 0 Å². The Hall–Kier alpha value is -2.44. The number of carbonyl (C=O) groups is 1. The molecular weight excluding hydrogens is 307 g/mol. The lowest BCUT2D eigenvalue weighted by atomic mass is 9.97. The summed E-state index contributed by atoms with van der Waals surface area (Å²) >= 11 is 0. The Labute approximate surface area is 131 Å². The van der Waals surface area contributed by atoms with Gasteiger partial charge in [-0.1, -0.05) is 19.9 Å². The number of hydrogen-bond acceptors (Lipinski definition) is 3. The lowest BCUT2D eigenvalue weighted by Gasteiger charge is -2.12. The first-order valence-electron chi connectivity index (χ1n) is 7.00. The zero-order valence-corrected chi connectivity index (χ0v) is 12.9. The van der Waals surface area contributed by atoms with E-state index >= 15 is 0 Å². The van der Waals surface area contributed by atoms with Crippen molar-refractivity contribution in [2.75, 3.05) is 5.32 Å². The number of hydrogen-bond donors (Lipinski definition) is 1. The van der Waals surface area contributed by atoms with Crippen LogP contribution in [0.15, 0.2) is 30.5 Å². The molecule has 0 aliphatic rings. The molecule has 23 heavy (non-hydrogen) atoms. The summed E-state index contributed by atoms with van der Waals surface area (Å²) in [5.41, 5.74) is 1.47. The number of carbonyl (C=O) groups excluding carboxylic acids is 1. The van der Waals surface area contributed by atoms with E-state index in [0.29, 0.717) is 5.69 Å². The number of halogens is 3. The average Bonchev–Trinajstić information content (AvgIpc) is 2.48. The molecule has 1 N–H and O–H groups in total. The number of amides is 1. The minimum atomic E-state index is -4.62. The van der Waals surface area contributed by atoms with Gasteiger partial charge in [-0.25, -0.2) is 9.97 Å². The van der Waals surface area contributed by atoms with E-state index in [4.69, 9.17) is 0 Å². The van der Waals surface area contributed by atoms with E-state index in [1.807, 2.05) is 26.8 Å². The third-order valence-electron chi connectivity index (χ3n) is 3.31. The second kappa shape index (κ2) is 6.36. The van der Waals surface area contributed by atoms with Gasteiger partial charge in [0, 0.05) is 11.9 Å². The van der Waals surface area contributed by atoms with Crippen molar-refractivity contribution in [2.24, 2.45) is 0 Å². The summed E-state index contributed by atoms with van der Waals surface area (Å²) in [6, 6.07) is 6.05. The number of aryl methyl sites for hydroxylation is 1. The standard InChI is InChI=1S/C16H16F3N3O/c1-9(2)12-8-11(5-4-10(12)3)21-15(23)14-20-7-6-13(22-14)16(17,18)19/h4-9H,1-3H3,(H,21,23). The largest absolute Gasteiger partial charge is 0.433 e. The summed E-state index contributed by atoms with van der Waals surface area (Å²) in [7, 11) is 0. The van der Waals surface area contributed by atoms with E-state index in [0.717, 1.165) is 23.4 Å². The second-order valence-electron chi connectivity index (χ2n) is 5.44. The van der Waals surface area contributed by atoms with Crippen molar-refractivity contribution in [1.82, 2.24) is 9.97 Å². The van der Waals surface area contributed by atoms with Crippen molar-refractivity contribution in [1.29, 1.82) is 0 Å². The predicted molar refractivity (Wildman–Crippen MR) is 80.3 cm³/mol. The summed E-state index contributed by atoms with van der Waals surface area (Å²) in [5, 5.41) is 2.53.